The van der Waals surface area contributed by atoms with Crippen molar-refractivity contribution in [2.24, 2.45) is 0 Å². The molecule has 5 rings (SSSR count). The zero-order valence-electron chi connectivity index (χ0n) is 14.7. The first-order valence-electron chi connectivity index (χ1n) is 9.11. The molecule has 0 amide bonds. The van der Waals surface area contributed by atoms with Crippen LogP contribution in [0.3, 0.4) is 0 Å². The SMILES string of the molecule is Cc1ccc2cc(-n3cnc4cnc(NC5CCCC5)nc43)ccc2n1. The van der Waals surface area contributed by atoms with Gasteiger partial charge in [-0.2, -0.15) is 4.98 Å². The Morgan fingerprint density at radius 1 is 1.00 bits per heavy atom. The van der Waals surface area contributed by atoms with Crippen LogP contribution in [0.4, 0.5) is 5.95 Å². The second kappa shape index (κ2) is 6.05. The summed E-state index contributed by atoms with van der Waals surface area (Å²) >= 11 is 0. The van der Waals surface area contributed by atoms with Crippen LogP contribution >= 0.6 is 0 Å². The number of aromatic nitrogens is 5. The molecule has 0 atom stereocenters. The minimum Gasteiger partial charge on any atom is -0.351 e. The molecule has 1 saturated carbocycles. The van der Waals surface area contributed by atoms with Crippen LogP contribution in [0.1, 0.15) is 31.4 Å². The van der Waals surface area contributed by atoms with E-state index in [1.165, 1.54) is 25.7 Å². The number of aryl methyl sites for hydroxylation is 1. The van der Waals surface area contributed by atoms with Gasteiger partial charge in [0.25, 0.3) is 0 Å². The lowest BCUT2D eigenvalue weighted by Crippen LogP contribution is -2.16. The molecule has 0 radical (unpaired) electrons. The number of pyridine rings is 1. The van der Waals surface area contributed by atoms with E-state index >= 15 is 0 Å². The second-order valence-electron chi connectivity index (χ2n) is 6.97. The first kappa shape index (κ1) is 15.3. The maximum atomic E-state index is 4.73. The van der Waals surface area contributed by atoms with Crippen molar-refractivity contribution in [3.05, 3.63) is 48.5 Å². The molecule has 1 aliphatic carbocycles. The van der Waals surface area contributed by atoms with Gasteiger partial charge >= 0.3 is 0 Å². The van der Waals surface area contributed by atoms with Crippen LogP contribution in [-0.4, -0.2) is 30.5 Å². The van der Waals surface area contributed by atoms with Gasteiger partial charge in [-0.3, -0.25) is 9.55 Å². The fourth-order valence-electron chi connectivity index (χ4n) is 3.69. The first-order chi connectivity index (χ1) is 12.8. The number of hydrogen-bond donors (Lipinski definition) is 1. The Bertz CT molecular complexity index is 1090. The monoisotopic (exact) mass is 344 g/mol. The highest BCUT2D eigenvalue weighted by Crippen LogP contribution is 2.23. The largest absolute Gasteiger partial charge is 0.351 e. The van der Waals surface area contributed by atoms with Crippen molar-refractivity contribution in [2.75, 3.05) is 5.32 Å². The van der Waals surface area contributed by atoms with E-state index in [1.54, 1.807) is 6.20 Å². The molecule has 26 heavy (non-hydrogen) atoms. The van der Waals surface area contributed by atoms with Crippen LogP contribution in [0.2, 0.25) is 0 Å². The molecule has 6 nitrogen and oxygen atoms in total. The fourth-order valence-corrected chi connectivity index (χ4v) is 3.69. The maximum absolute atomic E-state index is 4.73. The molecule has 1 aliphatic rings. The molecule has 6 heteroatoms. The molecule has 1 aromatic carbocycles. The van der Waals surface area contributed by atoms with Crippen molar-refractivity contribution < 1.29 is 0 Å². The average molecular weight is 344 g/mol. The number of fused-ring (bicyclic) bond motifs is 2. The molecule has 1 N–H and O–H groups in total. The minimum absolute atomic E-state index is 0.485. The highest BCUT2D eigenvalue weighted by atomic mass is 15.2. The van der Waals surface area contributed by atoms with Crippen LogP contribution in [0.15, 0.2) is 42.9 Å². The van der Waals surface area contributed by atoms with E-state index in [9.17, 15) is 0 Å². The third-order valence-electron chi connectivity index (χ3n) is 5.07. The molecule has 0 unspecified atom stereocenters. The summed E-state index contributed by atoms with van der Waals surface area (Å²) in [5, 5.41) is 4.57. The highest BCUT2D eigenvalue weighted by Gasteiger charge is 2.16. The number of nitrogens with zero attached hydrogens (tertiary/aromatic N) is 5. The summed E-state index contributed by atoms with van der Waals surface area (Å²) in [5.41, 5.74) is 4.66. The van der Waals surface area contributed by atoms with E-state index in [0.717, 1.165) is 33.4 Å². The summed E-state index contributed by atoms with van der Waals surface area (Å²) < 4.78 is 2.01. The van der Waals surface area contributed by atoms with Gasteiger partial charge in [-0.05, 0) is 44.0 Å². The van der Waals surface area contributed by atoms with Crippen LogP contribution in [-0.2, 0) is 0 Å². The van der Waals surface area contributed by atoms with Gasteiger partial charge in [0.1, 0.15) is 11.8 Å². The number of hydrogen-bond acceptors (Lipinski definition) is 5. The van der Waals surface area contributed by atoms with Gasteiger partial charge in [0, 0.05) is 22.8 Å². The Balaban J connectivity index is 1.56. The van der Waals surface area contributed by atoms with Gasteiger partial charge < -0.3 is 5.32 Å². The van der Waals surface area contributed by atoms with Crippen molar-refractivity contribution >= 4 is 28.0 Å². The average Bonchev–Trinajstić information content (AvgIpc) is 3.31. The summed E-state index contributed by atoms with van der Waals surface area (Å²) in [4.78, 5) is 18.2. The van der Waals surface area contributed by atoms with Crippen LogP contribution < -0.4 is 5.32 Å². The smallest absolute Gasteiger partial charge is 0.224 e. The van der Waals surface area contributed by atoms with Gasteiger partial charge in [0.05, 0.1) is 11.7 Å². The predicted molar refractivity (Wildman–Crippen MR) is 103 cm³/mol. The van der Waals surface area contributed by atoms with Crippen molar-refractivity contribution in [3.63, 3.8) is 0 Å². The zero-order chi connectivity index (χ0) is 17.5. The van der Waals surface area contributed by atoms with E-state index in [-0.39, 0.29) is 0 Å². The number of imidazole rings is 1. The van der Waals surface area contributed by atoms with Crippen LogP contribution in [0, 0.1) is 6.92 Å². The van der Waals surface area contributed by atoms with E-state index in [0.29, 0.717) is 12.0 Å². The Hall–Kier alpha value is -3.02. The van der Waals surface area contributed by atoms with Gasteiger partial charge in [0.2, 0.25) is 5.95 Å². The van der Waals surface area contributed by atoms with E-state index in [4.69, 9.17) is 4.98 Å². The van der Waals surface area contributed by atoms with Crippen LogP contribution in [0.25, 0.3) is 27.8 Å². The molecule has 1 fully saturated rings. The summed E-state index contributed by atoms with van der Waals surface area (Å²) in [6.07, 6.45) is 8.55. The van der Waals surface area contributed by atoms with Crippen LogP contribution in [0.5, 0.6) is 0 Å². The standard InChI is InChI=1S/C20H20N6/c1-13-6-7-14-10-16(8-9-17(14)23-13)26-12-22-18-11-21-20(25-19(18)26)24-15-4-2-3-5-15/h6-12,15H,2-5H2,1H3,(H,21,24,25). The lowest BCUT2D eigenvalue weighted by molar-refractivity contribution is 0.745. The van der Waals surface area contributed by atoms with Gasteiger partial charge in [-0.15, -0.1) is 0 Å². The predicted octanol–water partition coefficient (Wildman–Crippen LogP) is 4.03. The van der Waals surface area contributed by atoms with Gasteiger partial charge in [-0.25, -0.2) is 9.97 Å². The number of rotatable bonds is 3. The summed E-state index contributed by atoms with van der Waals surface area (Å²) in [6, 6.07) is 10.8. The molecule has 3 aromatic heterocycles. The normalized spacial score (nSPS) is 15.1. The fraction of sp³-hybridized carbons (Fsp3) is 0.300. The third kappa shape index (κ3) is 2.67. The molecular weight excluding hydrogens is 324 g/mol. The van der Waals surface area contributed by atoms with Crippen molar-refractivity contribution in [1.82, 2.24) is 24.5 Å². The van der Waals surface area contributed by atoms with E-state index in [2.05, 4.69) is 38.5 Å². The van der Waals surface area contributed by atoms with Gasteiger partial charge in [0.15, 0.2) is 5.65 Å². The Morgan fingerprint density at radius 3 is 2.77 bits per heavy atom. The lowest BCUT2D eigenvalue weighted by atomic mass is 10.2. The molecule has 4 aromatic rings. The van der Waals surface area contributed by atoms with Crippen molar-refractivity contribution in [1.29, 1.82) is 0 Å². The molecule has 0 saturated heterocycles. The first-order valence-corrected chi connectivity index (χ1v) is 9.11. The zero-order valence-corrected chi connectivity index (χ0v) is 14.7. The topological polar surface area (TPSA) is 68.5 Å². The Morgan fingerprint density at radius 2 is 1.88 bits per heavy atom. The minimum atomic E-state index is 0.485. The summed E-state index contributed by atoms with van der Waals surface area (Å²) in [6.45, 7) is 2.01. The van der Waals surface area contributed by atoms with E-state index < -0.39 is 0 Å². The lowest BCUT2D eigenvalue weighted by Gasteiger charge is -2.11. The summed E-state index contributed by atoms with van der Waals surface area (Å²) in [7, 11) is 0. The molecule has 0 spiro atoms. The van der Waals surface area contributed by atoms with Crippen molar-refractivity contribution in [3.8, 4) is 5.69 Å². The third-order valence-corrected chi connectivity index (χ3v) is 5.07. The molecule has 130 valence electrons. The quantitative estimate of drug-likeness (QED) is 0.608. The molecule has 0 bridgehead atoms. The molecular formula is C20H20N6. The Labute approximate surface area is 151 Å². The molecule has 3 heterocycles. The maximum Gasteiger partial charge on any atom is 0.224 e. The van der Waals surface area contributed by atoms with Crippen molar-refractivity contribution in [2.45, 2.75) is 38.6 Å². The number of anilines is 1. The molecule has 0 aliphatic heterocycles. The van der Waals surface area contributed by atoms with Gasteiger partial charge in [-0.1, -0.05) is 18.9 Å². The number of nitrogens with one attached hydrogen (secondary N) is 1. The highest BCUT2D eigenvalue weighted by molar-refractivity contribution is 5.82. The number of benzene rings is 1. The summed E-state index contributed by atoms with van der Waals surface area (Å²) in [5.74, 6) is 0.684. The second-order valence-corrected chi connectivity index (χ2v) is 6.97. The van der Waals surface area contributed by atoms with E-state index in [1.807, 2.05) is 30.0 Å². The Kier molecular flexibility index (Phi) is 3.55.